The van der Waals surface area contributed by atoms with Gasteiger partial charge in [-0.3, -0.25) is 0 Å². The molecular weight excluding hydrogens is 240 g/mol. The van der Waals surface area contributed by atoms with E-state index in [-0.39, 0.29) is 0 Å². The highest BCUT2D eigenvalue weighted by Crippen LogP contribution is 2.27. The summed E-state index contributed by atoms with van der Waals surface area (Å²) in [5.41, 5.74) is 2.66. The Labute approximate surface area is 126 Å². The smallest absolute Gasteiger partial charge is 0.00863 e. The molecule has 0 aromatic carbocycles. The largest absolute Gasteiger partial charge is 0.0988 e. The van der Waals surface area contributed by atoms with Gasteiger partial charge < -0.3 is 0 Å². The van der Waals surface area contributed by atoms with Crippen molar-refractivity contribution in [2.24, 2.45) is 11.8 Å². The Balaban J connectivity index is 0.00000172. The molecule has 0 fully saturated rings. The molecular formula is C20H30. The van der Waals surface area contributed by atoms with Gasteiger partial charge in [-0.25, -0.2) is 0 Å². The van der Waals surface area contributed by atoms with E-state index >= 15 is 0 Å². The Kier molecular flexibility index (Phi) is 10.4. The zero-order valence-corrected chi connectivity index (χ0v) is 13.8. The van der Waals surface area contributed by atoms with Gasteiger partial charge in [0.05, 0.1) is 0 Å². The van der Waals surface area contributed by atoms with Gasteiger partial charge in [0.2, 0.25) is 0 Å². The minimum atomic E-state index is 0.435. The van der Waals surface area contributed by atoms with Crippen molar-refractivity contribution in [3.63, 3.8) is 0 Å². The lowest BCUT2D eigenvalue weighted by Crippen LogP contribution is -2.03. The molecule has 0 amide bonds. The average Bonchev–Trinajstić information content (AvgIpc) is 2.70. The van der Waals surface area contributed by atoms with Crippen LogP contribution in [0.1, 0.15) is 41.0 Å². The van der Waals surface area contributed by atoms with Gasteiger partial charge in [0.15, 0.2) is 0 Å². The maximum Gasteiger partial charge on any atom is 0.00863 e. The van der Waals surface area contributed by atoms with Gasteiger partial charge >= 0.3 is 0 Å². The SMILES string of the molecule is C=C/C(=C\C=C/C)C(CC)C1=CC=CC(C)C=C1.CC. The molecule has 0 N–H and O–H groups in total. The average molecular weight is 270 g/mol. The molecule has 110 valence electrons. The highest BCUT2D eigenvalue weighted by atomic mass is 14.2. The van der Waals surface area contributed by atoms with E-state index in [0.717, 1.165) is 6.42 Å². The van der Waals surface area contributed by atoms with Crippen LogP contribution in [0.25, 0.3) is 0 Å². The first-order valence-corrected chi connectivity index (χ1v) is 7.74. The predicted molar refractivity (Wildman–Crippen MR) is 93.8 cm³/mol. The maximum atomic E-state index is 3.94. The fourth-order valence-electron chi connectivity index (χ4n) is 2.15. The molecule has 0 aromatic heterocycles. The summed E-state index contributed by atoms with van der Waals surface area (Å²) in [6.45, 7) is 14.4. The van der Waals surface area contributed by atoms with Gasteiger partial charge in [-0.2, -0.15) is 0 Å². The molecule has 20 heavy (non-hydrogen) atoms. The van der Waals surface area contributed by atoms with Crippen molar-refractivity contribution in [1.82, 2.24) is 0 Å². The minimum Gasteiger partial charge on any atom is -0.0988 e. The van der Waals surface area contributed by atoms with Crippen LogP contribution in [0.3, 0.4) is 0 Å². The van der Waals surface area contributed by atoms with Gasteiger partial charge in [-0.05, 0) is 30.4 Å². The number of rotatable bonds is 5. The summed E-state index contributed by atoms with van der Waals surface area (Å²) in [4.78, 5) is 0. The molecule has 0 heterocycles. The van der Waals surface area contributed by atoms with E-state index in [1.807, 2.05) is 26.8 Å². The van der Waals surface area contributed by atoms with Crippen LogP contribution in [0.4, 0.5) is 0 Å². The van der Waals surface area contributed by atoms with E-state index in [1.165, 1.54) is 11.1 Å². The van der Waals surface area contributed by atoms with E-state index in [4.69, 9.17) is 0 Å². The Morgan fingerprint density at radius 3 is 2.60 bits per heavy atom. The first kappa shape index (κ1) is 18.4. The van der Waals surface area contributed by atoms with E-state index < -0.39 is 0 Å². The van der Waals surface area contributed by atoms with Crippen LogP contribution in [0.2, 0.25) is 0 Å². The summed E-state index contributed by atoms with van der Waals surface area (Å²) in [5.74, 6) is 0.952. The Morgan fingerprint density at radius 2 is 2.05 bits per heavy atom. The second-order valence-corrected chi connectivity index (χ2v) is 4.63. The van der Waals surface area contributed by atoms with Crippen LogP contribution in [-0.2, 0) is 0 Å². The fraction of sp³-hybridized carbons (Fsp3) is 0.400. The molecule has 0 saturated carbocycles. The topological polar surface area (TPSA) is 0 Å². The summed E-state index contributed by atoms with van der Waals surface area (Å²) < 4.78 is 0. The molecule has 1 rings (SSSR count). The second-order valence-electron chi connectivity index (χ2n) is 4.63. The third-order valence-corrected chi connectivity index (χ3v) is 3.23. The second kappa shape index (κ2) is 11.3. The zero-order chi connectivity index (χ0) is 15.4. The monoisotopic (exact) mass is 270 g/mol. The number of allylic oxidation sites excluding steroid dienone is 11. The predicted octanol–water partition coefficient (Wildman–Crippen LogP) is 6.42. The molecule has 0 nitrogen and oxygen atoms in total. The van der Waals surface area contributed by atoms with Gasteiger partial charge in [-0.1, -0.05) is 89.0 Å². The highest BCUT2D eigenvalue weighted by Gasteiger charge is 2.13. The van der Waals surface area contributed by atoms with Crippen molar-refractivity contribution in [3.05, 3.63) is 72.4 Å². The molecule has 0 aromatic rings. The molecule has 0 heteroatoms. The molecule has 0 radical (unpaired) electrons. The molecule has 2 atom stereocenters. The first-order chi connectivity index (χ1) is 9.72. The lowest BCUT2D eigenvalue weighted by Gasteiger charge is -2.17. The van der Waals surface area contributed by atoms with Crippen LogP contribution in [-0.4, -0.2) is 0 Å². The summed E-state index contributed by atoms with van der Waals surface area (Å²) >= 11 is 0. The Morgan fingerprint density at radius 1 is 1.35 bits per heavy atom. The normalized spacial score (nSPS) is 19.9. The molecule has 0 bridgehead atoms. The van der Waals surface area contributed by atoms with E-state index in [2.05, 4.69) is 69.0 Å². The van der Waals surface area contributed by atoms with E-state index in [0.29, 0.717) is 11.8 Å². The molecule has 1 aliphatic carbocycles. The highest BCUT2D eigenvalue weighted by molar-refractivity contribution is 5.39. The van der Waals surface area contributed by atoms with Crippen molar-refractivity contribution in [3.8, 4) is 0 Å². The van der Waals surface area contributed by atoms with E-state index in [1.54, 1.807) is 0 Å². The standard InChI is InChI=1S/C18H24.C2H6/c1-5-8-11-16(6-2)18(7-3)17-12-9-10-15(4)13-14-17;1-2/h5-6,8-15,18H,2,7H2,1,3-4H3;1-2H3/b8-5-,16-11+;. The third-order valence-electron chi connectivity index (χ3n) is 3.23. The van der Waals surface area contributed by atoms with Crippen molar-refractivity contribution in [2.75, 3.05) is 0 Å². The maximum absolute atomic E-state index is 3.94. The molecule has 0 aliphatic heterocycles. The van der Waals surface area contributed by atoms with Crippen LogP contribution < -0.4 is 0 Å². The van der Waals surface area contributed by atoms with Gasteiger partial charge in [0.1, 0.15) is 0 Å². The van der Waals surface area contributed by atoms with Gasteiger partial charge in [0, 0.05) is 5.92 Å². The van der Waals surface area contributed by atoms with Crippen LogP contribution in [0, 0.1) is 11.8 Å². The summed E-state index contributed by atoms with van der Waals surface area (Å²) in [5, 5.41) is 0. The lowest BCUT2D eigenvalue weighted by atomic mass is 9.87. The lowest BCUT2D eigenvalue weighted by molar-refractivity contribution is 0.714. The minimum absolute atomic E-state index is 0.435. The summed E-state index contributed by atoms with van der Waals surface area (Å²) in [6.07, 6.45) is 20.5. The quantitative estimate of drug-likeness (QED) is 0.506. The van der Waals surface area contributed by atoms with Gasteiger partial charge in [0.25, 0.3) is 0 Å². The zero-order valence-electron chi connectivity index (χ0n) is 13.8. The van der Waals surface area contributed by atoms with Crippen LogP contribution in [0.5, 0.6) is 0 Å². The summed E-state index contributed by atoms with van der Waals surface area (Å²) in [6, 6.07) is 0. The fourth-order valence-corrected chi connectivity index (χ4v) is 2.15. The van der Waals surface area contributed by atoms with Crippen molar-refractivity contribution in [1.29, 1.82) is 0 Å². The van der Waals surface area contributed by atoms with Crippen molar-refractivity contribution >= 4 is 0 Å². The molecule has 2 unspecified atom stereocenters. The molecule has 0 spiro atoms. The van der Waals surface area contributed by atoms with Crippen molar-refractivity contribution < 1.29 is 0 Å². The molecule has 1 aliphatic rings. The molecule has 0 saturated heterocycles. The Hall–Kier alpha value is -1.56. The van der Waals surface area contributed by atoms with Crippen LogP contribution in [0.15, 0.2) is 72.4 Å². The third kappa shape index (κ3) is 6.06. The first-order valence-electron chi connectivity index (χ1n) is 7.74. The van der Waals surface area contributed by atoms with Gasteiger partial charge in [-0.15, -0.1) is 0 Å². The number of hydrogen-bond donors (Lipinski definition) is 0. The summed E-state index contributed by atoms with van der Waals surface area (Å²) in [7, 11) is 0. The van der Waals surface area contributed by atoms with E-state index in [9.17, 15) is 0 Å². The van der Waals surface area contributed by atoms with Crippen molar-refractivity contribution in [2.45, 2.75) is 41.0 Å². The Bertz CT molecular complexity index is 413. The number of hydrogen-bond acceptors (Lipinski definition) is 0. The van der Waals surface area contributed by atoms with Crippen LogP contribution >= 0.6 is 0 Å².